The van der Waals surface area contributed by atoms with E-state index in [2.05, 4.69) is 19.6 Å². The predicted octanol–water partition coefficient (Wildman–Crippen LogP) is 3.06. The van der Waals surface area contributed by atoms with Gasteiger partial charge in [-0.25, -0.2) is 0 Å². The van der Waals surface area contributed by atoms with Gasteiger partial charge in [-0.1, -0.05) is 4.49 Å². The average molecular weight is 305 g/mol. The molecule has 0 aliphatic heterocycles. The number of hydrogen-bond donors (Lipinski definition) is 1. The van der Waals surface area contributed by atoms with Crippen molar-refractivity contribution in [1.29, 1.82) is 0 Å². The second-order valence-corrected chi connectivity index (χ2v) is 4.36. The van der Waals surface area contributed by atoms with Gasteiger partial charge in [-0.05, 0) is 24.3 Å². The minimum atomic E-state index is -4.70. The average Bonchev–Trinajstić information content (AvgIpc) is 2.83. The maximum absolute atomic E-state index is 12.0. The first-order valence-electron chi connectivity index (χ1n) is 5.45. The molecule has 0 unspecified atom stereocenters. The fourth-order valence-electron chi connectivity index (χ4n) is 1.38. The minimum absolute atomic E-state index is 0.173. The van der Waals surface area contributed by atoms with Crippen LogP contribution in [0.3, 0.4) is 0 Å². The van der Waals surface area contributed by atoms with Gasteiger partial charge in [0, 0.05) is 18.6 Å². The zero-order valence-electron chi connectivity index (χ0n) is 10.3. The highest BCUT2D eigenvalue weighted by molar-refractivity contribution is 7.10. The van der Waals surface area contributed by atoms with E-state index in [1.54, 1.807) is 7.05 Å². The molecular formula is C11H10F3N3O2S. The normalized spacial score (nSPS) is 11.2. The van der Waals surface area contributed by atoms with Gasteiger partial charge in [0.05, 0.1) is 0 Å². The fourth-order valence-corrected chi connectivity index (χ4v) is 1.90. The number of hydrogen-bond acceptors (Lipinski definition) is 6. The largest absolute Gasteiger partial charge is 0.573 e. The third-order valence-corrected chi connectivity index (χ3v) is 3.00. The number of rotatable bonds is 5. The van der Waals surface area contributed by atoms with Crippen LogP contribution in [0.25, 0.3) is 0 Å². The summed E-state index contributed by atoms with van der Waals surface area (Å²) in [4.78, 5) is 0. The molecule has 2 aromatic rings. The van der Waals surface area contributed by atoms with Gasteiger partial charge in [0.1, 0.15) is 28.8 Å². The zero-order chi connectivity index (χ0) is 14.6. The molecule has 1 N–H and O–H groups in total. The number of nitrogens with zero attached hydrogens (tertiary/aromatic N) is 2. The van der Waals surface area contributed by atoms with Gasteiger partial charge in [0.25, 0.3) is 0 Å². The molecule has 0 aliphatic rings. The Bertz CT molecular complexity index is 557. The van der Waals surface area contributed by atoms with E-state index < -0.39 is 6.36 Å². The van der Waals surface area contributed by atoms with Gasteiger partial charge in [-0.2, -0.15) is 0 Å². The van der Waals surface area contributed by atoms with Crippen molar-refractivity contribution < 1.29 is 22.6 Å². The molecule has 1 aromatic carbocycles. The van der Waals surface area contributed by atoms with Crippen molar-refractivity contribution in [1.82, 2.24) is 9.59 Å². The fraction of sp³-hybridized carbons (Fsp3) is 0.273. The van der Waals surface area contributed by atoms with Crippen LogP contribution in [0.15, 0.2) is 24.3 Å². The van der Waals surface area contributed by atoms with Crippen molar-refractivity contribution in [3.63, 3.8) is 0 Å². The number of nitrogens with one attached hydrogen (secondary N) is 1. The molecule has 0 aliphatic carbocycles. The molecule has 2 rings (SSSR count). The lowest BCUT2D eigenvalue weighted by atomic mass is 10.3. The molecule has 0 atom stereocenters. The highest BCUT2D eigenvalue weighted by Crippen LogP contribution is 2.25. The summed E-state index contributed by atoms with van der Waals surface area (Å²) in [5, 5.41) is 7.57. The molecule has 108 valence electrons. The first kappa shape index (κ1) is 14.4. The number of aromatic nitrogens is 2. The molecule has 0 saturated carbocycles. The van der Waals surface area contributed by atoms with Gasteiger partial charge in [0.15, 0.2) is 0 Å². The standard InChI is InChI=1S/C11H10F3N3O2S/c1-15-10-9(16-17-20-10)6-18-7-2-4-8(5-3-7)19-11(12,13)14/h2-5,15H,6H2,1H3. The Morgan fingerprint density at radius 2 is 1.85 bits per heavy atom. The molecule has 9 heteroatoms. The van der Waals surface area contributed by atoms with Crippen molar-refractivity contribution in [2.75, 3.05) is 12.4 Å². The molecule has 0 fully saturated rings. The van der Waals surface area contributed by atoms with Gasteiger partial charge in [0.2, 0.25) is 0 Å². The Kier molecular flexibility index (Phi) is 4.28. The number of benzene rings is 1. The van der Waals surface area contributed by atoms with Crippen LogP contribution in [0.5, 0.6) is 11.5 Å². The maximum Gasteiger partial charge on any atom is 0.573 e. The van der Waals surface area contributed by atoms with Gasteiger partial charge < -0.3 is 14.8 Å². The van der Waals surface area contributed by atoms with Crippen LogP contribution in [-0.2, 0) is 6.61 Å². The highest BCUT2D eigenvalue weighted by atomic mass is 32.1. The van der Waals surface area contributed by atoms with E-state index in [1.807, 2.05) is 0 Å². The lowest BCUT2D eigenvalue weighted by molar-refractivity contribution is -0.274. The van der Waals surface area contributed by atoms with E-state index in [0.29, 0.717) is 11.4 Å². The van der Waals surface area contributed by atoms with Crippen LogP contribution >= 0.6 is 11.5 Å². The smallest absolute Gasteiger partial charge is 0.487 e. The lowest BCUT2D eigenvalue weighted by Crippen LogP contribution is -2.16. The predicted molar refractivity (Wildman–Crippen MR) is 66.9 cm³/mol. The summed E-state index contributed by atoms with van der Waals surface area (Å²) in [6, 6.07) is 5.14. The van der Waals surface area contributed by atoms with Crippen molar-refractivity contribution in [2.24, 2.45) is 0 Å². The molecule has 0 amide bonds. The quantitative estimate of drug-likeness (QED) is 0.920. The second-order valence-electron chi connectivity index (χ2n) is 3.61. The third kappa shape index (κ3) is 3.98. The number of anilines is 1. The molecule has 1 heterocycles. The zero-order valence-corrected chi connectivity index (χ0v) is 11.1. The summed E-state index contributed by atoms with van der Waals surface area (Å²) < 4.78 is 48.9. The molecule has 5 nitrogen and oxygen atoms in total. The first-order chi connectivity index (χ1) is 9.48. The summed E-state index contributed by atoms with van der Waals surface area (Å²) in [5.41, 5.74) is 0.633. The Balaban J connectivity index is 1.94. The van der Waals surface area contributed by atoms with Gasteiger partial charge in [-0.15, -0.1) is 18.3 Å². The molecule has 20 heavy (non-hydrogen) atoms. The van der Waals surface area contributed by atoms with Crippen LogP contribution in [0.2, 0.25) is 0 Å². The molecule has 1 aromatic heterocycles. The summed E-state index contributed by atoms with van der Waals surface area (Å²) in [5.74, 6) is 0.116. The summed E-state index contributed by atoms with van der Waals surface area (Å²) in [6.07, 6.45) is -4.70. The van der Waals surface area contributed by atoms with Crippen LogP contribution in [0.1, 0.15) is 5.69 Å². The van der Waals surface area contributed by atoms with Gasteiger partial charge in [-0.3, -0.25) is 0 Å². The van der Waals surface area contributed by atoms with Crippen LogP contribution in [0, 0.1) is 0 Å². The number of alkyl halides is 3. The number of halogens is 3. The Morgan fingerprint density at radius 3 is 2.45 bits per heavy atom. The van der Waals surface area contributed by atoms with Crippen molar-refractivity contribution in [3.05, 3.63) is 30.0 Å². The molecule has 0 spiro atoms. The molecule has 0 saturated heterocycles. The summed E-state index contributed by atoms with van der Waals surface area (Å²) >= 11 is 1.20. The van der Waals surface area contributed by atoms with Crippen molar-refractivity contribution in [3.8, 4) is 11.5 Å². The van der Waals surface area contributed by atoms with Crippen molar-refractivity contribution >= 4 is 16.5 Å². The Hall–Kier alpha value is -2.03. The maximum atomic E-state index is 12.0. The molecule has 0 radical (unpaired) electrons. The minimum Gasteiger partial charge on any atom is -0.487 e. The van der Waals surface area contributed by atoms with Crippen molar-refractivity contribution in [2.45, 2.75) is 13.0 Å². The lowest BCUT2D eigenvalue weighted by Gasteiger charge is -2.09. The monoisotopic (exact) mass is 305 g/mol. The molecule has 0 bridgehead atoms. The topological polar surface area (TPSA) is 56.3 Å². The third-order valence-electron chi connectivity index (χ3n) is 2.22. The summed E-state index contributed by atoms with van der Waals surface area (Å²) in [7, 11) is 1.74. The Labute approximate surface area is 116 Å². The van der Waals surface area contributed by atoms with Crippen LogP contribution < -0.4 is 14.8 Å². The van der Waals surface area contributed by atoms with E-state index in [9.17, 15) is 13.2 Å². The van der Waals surface area contributed by atoms with Crippen LogP contribution in [-0.4, -0.2) is 23.0 Å². The molecular weight excluding hydrogens is 295 g/mol. The summed E-state index contributed by atoms with van der Waals surface area (Å²) in [6.45, 7) is 0.173. The van der Waals surface area contributed by atoms with E-state index >= 15 is 0 Å². The van der Waals surface area contributed by atoms with E-state index in [0.717, 1.165) is 5.00 Å². The van der Waals surface area contributed by atoms with E-state index in [1.165, 1.54) is 35.8 Å². The number of ether oxygens (including phenoxy) is 2. The van der Waals surface area contributed by atoms with E-state index in [-0.39, 0.29) is 12.4 Å². The SMILES string of the molecule is CNc1snnc1COc1ccc(OC(F)(F)F)cc1. The van der Waals surface area contributed by atoms with Gasteiger partial charge >= 0.3 is 6.36 Å². The Morgan fingerprint density at radius 1 is 1.20 bits per heavy atom. The van der Waals surface area contributed by atoms with E-state index in [4.69, 9.17) is 4.74 Å². The van der Waals surface area contributed by atoms with Crippen LogP contribution in [0.4, 0.5) is 18.2 Å². The second kappa shape index (κ2) is 5.95. The highest BCUT2D eigenvalue weighted by Gasteiger charge is 2.30. The first-order valence-corrected chi connectivity index (χ1v) is 6.23.